The monoisotopic (exact) mass is 768 g/mol. The molecule has 0 spiro atoms. The van der Waals surface area contributed by atoms with Crippen LogP contribution in [-0.4, -0.2) is 89.8 Å². The van der Waals surface area contributed by atoms with Crippen molar-refractivity contribution in [3.8, 4) is 22.4 Å². The van der Waals surface area contributed by atoms with Gasteiger partial charge in [-0.1, -0.05) is 62.4 Å². The zero-order valence-electron chi connectivity index (χ0n) is 30.7. The molecule has 3 atom stereocenters. The maximum absolute atomic E-state index is 14.3. The molecule has 0 saturated carbocycles. The number of ether oxygens (including phenoxy) is 1. The number of anilines is 1. The number of benzene rings is 3. The fourth-order valence-electron chi connectivity index (χ4n) is 6.36. The van der Waals surface area contributed by atoms with Crippen LogP contribution in [0.15, 0.2) is 84.9 Å². The van der Waals surface area contributed by atoms with Gasteiger partial charge in [0.05, 0.1) is 47.3 Å². The van der Waals surface area contributed by atoms with Gasteiger partial charge in [0.2, 0.25) is 0 Å². The minimum atomic E-state index is -1.29. The maximum Gasteiger partial charge on any atom is 0.308 e. The second kappa shape index (κ2) is 21.5. The van der Waals surface area contributed by atoms with E-state index in [0.717, 1.165) is 5.56 Å². The van der Waals surface area contributed by atoms with Crippen LogP contribution < -0.4 is 5.32 Å². The summed E-state index contributed by atoms with van der Waals surface area (Å²) in [6.07, 6.45) is -3.00. The number of nitrogens with zero attached hydrogens (tertiary/aromatic N) is 3. The molecule has 298 valence electrons. The van der Waals surface area contributed by atoms with Crippen LogP contribution in [0.1, 0.15) is 74.3 Å². The Morgan fingerprint density at radius 3 is 2.09 bits per heavy atom. The minimum absolute atomic E-state index is 0.0500. The number of rotatable bonds is 22. The molecule has 0 aliphatic carbocycles. The zero-order chi connectivity index (χ0) is 39.9. The average Bonchev–Trinajstić information content (AvgIpc) is 3.49. The number of aliphatic hydroxyl groups is 2. The van der Waals surface area contributed by atoms with Crippen LogP contribution in [0, 0.1) is 5.82 Å². The predicted molar refractivity (Wildman–Crippen MR) is 196 cm³/mol. The molecule has 3 aromatic carbocycles. The fourth-order valence-corrected chi connectivity index (χ4v) is 6.36. The molecule has 0 aliphatic heterocycles. The molecule has 1 heterocycles. The molecule has 0 unspecified atom stereocenters. The van der Waals surface area contributed by atoms with Gasteiger partial charge in [0.25, 0.3) is 5.91 Å². The molecule has 0 fully saturated rings. The third-order valence-electron chi connectivity index (χ3n) is 8.72. The third-order valence-corrected chi connectivity index (χ3v) is 8.72. The van der Waals surface area contributed by atoms with Gasteiger partial charge in [-0.15, -0.1) is 0 Å². The van der Waals surface area contributed by atoms with Crippen molar-refractivity contribution in [1.29, 1.82) is 0 Å². The van der Waals surface area contributed by atoms with Crippen LogP contribution in [0.3, 0.4) is 0 Å². The lowest BCUT2D eigenvalue weighted by Gasteiger charge is -2.21. The number of hydrogen-bond donors (Lipinski definition) is 7. The summed E-state index contributed by atoms with van der Waals surface area (Å²) in [7, 11) is 0. The number of unbranched alkanes of at least 4 members (excludes halogenated alkanes) is 1. The summed E-state index contributed by atoms with van der Waals surface area (Å²) < 4.78 is 21.3. The Labute approximate surface area is 318 Å². The first kappa shape index (κ1) is 43.1. The maximum atomic E-state index is 14.3. The quantitative estimate of drug-likeness (QED) is 0.0265. The Bertz CT molecular complexity index is 1770. The highest BCUT2D eigenvalue weighted by Crippen LogP contribution is 2.42. The van der Waals surface area contributed by atoms with Crippen LogP contribution in [0.4, 0.5) is 10.1 Å². The fraction of sp³-hybridized carbons (Fsp3) is 0.385. The van der Waals surface area contributed by atoms with Gasteiger partial charge < -0.3 is 24.8 Å². The lowest BCUT2D eigenvalue weighted by Crippen LogP contribution is -2.30. The van der Waals surface area contributed by atoms with Gasteiger partial charge in [0.15, 0.2) is 0 Å². The van der Waals surface area contributed by atoms with E-state index < -0.39 is 47.3 Å². The van der Waals surface area contributed by atoms with Gasteiger partial charge in [-0.2, -0.15) is 0 Å². The molecular weight excluding hydrogens is 719 g/mol. The first-order valence-electron chi connectivity index (χ1n) is 17.9. The standard InChI is InChI=1S/C39H49FN4O11/c1-26(2)37-36(39(48)41-30-13-7-4-8-14-30)35(27-11-5-3-6-12-27)38(28-16-18-29(40)19-17-28)42(37)21-20-31(45)23-32(46)24-34(47)53-25-33(55-44(51)52)15-9-10-22-54-43(49)50/h3-8,11-14,16-19,26,31-33,45-46,49-52H,9-10,15,20-25H2,1-2H3,(H,41,48)/t31-,32-,33+/m1/s1. The second-order valence-electron chi connectivity index (χ2n) is 13.3. The van der Waals surface area contributed by atoms with Crippen LogP contribution >= 0.6 is 0 Å². The molecule has 55 heavy (non-hydrogen) atoms. The summed E-state index contributed by atoms with van der Waals surface area (Å²) in [5, 5.41) is 59.2. The van der Waals surface area contributed by atoms with Gasteiger partial charge in [-0.3, -0.25) is 35.3 Å². The van der Waals surface area contributed by atoms with Gasteiger partial charge in [-0.25, -0.2) is 9.23 Å². The topological polar surface area (TPSA) is 207 Å². The van der Waals surface area contributed by atoms with E-state index in [0.29, 0.717) is 46.6 Å². The normalized spacial score (nSPS) is 13.3. The van der Waals surface area contributed by atoms with E-state index in [2.05, 4.69) is 10.2 Å². The summed E-state index contributed by atoms with van der Waals surface area (Å²) in [5.74, 6) is -1.75. The molecular formula is C39H49FN4O11. The van der Waals surface area contributed by atoms with E-state index >= 15 is 0 Å². The van der Waals surface area contributed by atoms with Gasteiger partial charge in [0, 0.05) is 23.5 Å². The number of amides is 1. The number of para-hydroxylation sites is 1. The Kier molecular flexibility index (Phi) is 16.9. The summed E-state index contributed by atoms with van der Waals surface area (Å²) >= 11 is 0. The van der Waals surface area contributed by atoms with E-state index in [1.54, 1.807) is 24.3 Å². The highest BCUT2D eigenvalue weighted by atomic mass is 19.1. The van der Waals surface area contributed by atoms with Gasteiger partial charge >= 0.3 is 5.97 Å². The van der Waals surface area contributed by atoms with Crippen molar-refractivity contribution in [2.24, 2.45) is 0 Å². The van der Waals surface area contributed by atoms with E-state index in [1.165, 1.54) is 12.1 Å². The van der Waals surface area contributed by atoms with Crippen molar-refractivity contribution < 1.29 is 59.4 Å². The molecule has 0 radical (unpaired) electrons. The smallest absolute Gasteiger partial charge is 0.308 e. The molecule has 4 rings (SSSR count). The number of hydrogen-bond acceptors (Lipinski definition) is 13. The summed E-state index contributed by atoms with van der Waals surface area (Å²) in [5.41, 5.74) is 4.46. The first-order chi connectivity index (χ1) is 26.3. The Morgan fingerprint density at radius 2 is 1.47 bits per heavy atom. The van der Waals surface area contributed by atoms with Crippen molar-refractivity contribution in [3.05, 3.63) is 102 Å². The van der Waals surface area contributed by atoms with E-state index in [-0.39, 0.29) is 50.8 Å². The van der Waals surface area contributed by atoms with Crippen molar-refractivity contribution in [2.45, 2.75) is 83.1 Å². The van der Waals surface area contributed by atoms with Crippen LogP contribution in [0.5, 0.6) is 0 Å². The van der Waals surface area contributed by atoms with Crippen LogP contribution in [-0.2, 0) is 25.8 Å². The molecule has 0 aliphatic rings. The molecule has 0 saturated heterocycles. The molecule has 7 N–H and O–H groups in total. The van der Waals surface area contributed by atoms with Gasteiger partial charge in [0.1, 0.15) is 18.5 Å². The lowest BCUT2D eigenvalue weighted by atomic mass is 9.94. The molecule has 1 aromatic heterocycles. The molecule has 1 amide bonds. The molecule has 4 aromatic rings. The van der Waals surface area contributed by atoms with E-state index in [9.17, 15) is 24.2 Å². The number of carbonyl (C=O) groups is 2. The van der Waals surface area contributed by atoms with Crippen LogP contribution in [0.25, 0.3) is 22.4 Å². The van der Waals surface area contributed by atoms with Crippen molar-refractivity contribution >= 4 is 17.6 Å². The summed E-state index contributed by atoms with van der Waals surface area (Å²) in [6.45, 7) is 3.69. The first-order valence-corrected chi connectivity index (χ1v) is 17.9. The Balaban J connectivity index is 1.53. The molecule has 15 nitrogen and oxygen atoms in total. The zero-order valence-corrected chi connectivity index (χ0v) is 30.7. The number of esters is 1. The number of nitrogens with one attached hydrogen (secondary N) is 1. The Morgan fingerprint density at radius 1 is 0.818 bits per heavy atom. The average molecular weight is 769 g/mol. The molecule has 0 bridgehead atoms. The molecule has 16 heteroatoms. The van der Waals surface area contributed by atoms with Crippen molar-refractivity contribution in [1.82, 2.24) is 15.3 Å². The van der Waals surface area contributed by atoms with Crippen molar-refractivity contribution in [2.75, 3.05) is 18.5 Å². The number of aromatic nitrogens is 1. The van der Waals surface area contributed by atoms with Crippen molar-refractivity contribution in [3.63, 3.8) is 0 Å². The van der Waals surface area contributed by atoms with Crippen LogP contribution in [0.2, 0.25) is 0 Å². The highest BCUT2D eigenvalue weighted by Gasteiger charge is 2.31. The Hall–Kier alpha value is -4.59. The van der Waals surface area contributed by atoms with E-state index in [1.807, 2.05) is 66.9 Å². The SMILES string of the molecule is CC(C)c1c(C(=O)Nc2ccccc2)c(-c2ccccc2)c(-c2ccc(F)cc2)n1CC[C@@H](O)C[C@@H](O)CC(=O)OC[C@H](CCCCON(O)O)ON(O)O. The number of halogens is 1. The highest BCUT2D eigenvalue weighted by molar-refractivity contribution is 6.12. The predicted octanol–water partition coefficient (Wildman–Crippen LogP) is 6.34. The summed E-state index contributed by atoms with van der Waals surface area (Å²) in [4.78, 5) is 36.1. The number of aliphatic hydroxyl groups excluding tert-OH is 2. The number of carbonyl (C=O) groups excluding carboxylic acids is 2. The largest absolute Gasteiger partial charge is 0.463 e. The second-order valence-corrected chi connectivity index (χ2v) is 13.3. The van der Waals surface area contributed by atoms with Gasteiger partial charge in [-0.05, 0) is 85.5 Å². The van der Waals surface area contributed by atoms with E-state index in [4.69, 9.17) is 30.4 Å². The minimum Gasteiger partial charge on any atom is -0.463 e. The third kappa shape index (κ3) is 13.3. The lowest BCUT2D eigenvalue weighted by molar-refractivity contribution is -0.506. The summed E-state index contributed by atoms with van der Waals surface area (Å²) in [6, 6.07) is 24.5.